The van der Waals surface area contributed by atoms with E-state index < -0.39 is 28.5 Å². The van der Waals surface area contributed by atoms with Crippen molar-refractivity contribution < 1.29 is 31.9 Å². The first kappa shape index (κ1) is 24.5. The van der Waals surface area contributed by atoms with Crippen molar-refractivity contribution in [2.45, 2.75) is 30.8 Å². The van der Waals surface area contributed by atoms with Gasteiger partial charge in [-0.2, -0.15) is 4.31 Å². The Balaban J connectivity index is 1.28. The number of furan rings is 1. The van der Waals surface area contributed by atoms with Crippen LogP contribution in [-0.2, 0) is 26.2 Å². The van der Waals surface area contributed by atoms with Gasteiger partial charge in [-0.25, -0.2) is 13.2 Å². The minimum Gasteiger partial charge on any atom is -0.486 e. The Hall–Kier alpha value is -3.63. The molecule has 1 saturated heterocycles. The van der Waals surface area contributed by atoms with Gasteiger partial charge in [0.2, 0.25) is 15.8 Å². The first-order valence-corrected chi connectivity index (χ1v) is 12.7. The lowest BCUT2D eigenvalue weighted by Crippen LogP contribution is -2.35. The maximum Gasteiger partial charge on any atom is 0.374 e. The molecule has 10 heteroatoms. The Morgan fingerprint density at radius 2 is 1.71 bits per heavy atom. The zero-order valence-electron chi connectivity index (χ0n) is 19.0. The number of nitrogens with zero attached hydrogens (tertiary/aromatic N) is 1. The summed E-state index contributed by atoms with van der Waals surface area (Å²) in [4.78, 5) is 24.6. The zero-order chi connectivity index (χ0) is 24.7. The molecular formula is C25H26N2O7S. The highest BCUT2D eigenvalue weighted by Crippen LogP contribution is 2.23. The van der Waals surface area contributed by atoms with E-state index >= 15 is 0 Å². The van der Waals surface area contributed by atoms with Gasteiger partial charge in [-0.05, 0) is 55.3 Å². The Bertz CT molecular complexity index is 1270. The minimum absolute atomic E-state index is 0.0564. The van der Waals surface area contributed by atoms with Crippen molar-refractivity contribution in [3.8, 4) is 5.75 Å². The summed E-state index contributed by atoms with van der Waals surface area (Å²) in [6.07, 6.45) is 2.68. The topological polar surface area (TPSA) is 115 Å². The van der Waals surface area contributed by atoms with Crippen molar-refractivity contribution in [2.75, 3.05) is 25.0 Å². The van der Waals surface area contributed by atoms with Crippen LogP contribution < -0.4 is 10.1 Å². The van der Waals surface area contributed by atoms with E-state index in [2.05, 4.69) is 5.32 Å². The number of carbonyl (C=O) groups is 2. The van der Waals surface area contributed by atoms with Gasteiger partial charge in [0.15, 0.2) is 6.61 Å². The number of benzene rings is 2. The quantitative estimate of drug-likeness (QED) is 0.446. The van der Waals surface area contributed by atoms with E-state index in [0.717, 1.165) is 19.3 Å². The maximum atomic E-state index is 12.9. The molecule has 1 aliphatic rings. The molecular weight excluding hydrogens is 472 g/mol. The molecule has 1 fully saturated rings. The van der Waals surface area contributed by atoms with Crippen LogP contribution in [0.3, 0.4) is 0 Å². The van der Waals surface area contributed by atoms with Crippen LogP contribution in [0.25, 0.3) is 0 Å². The highest BCUT2D eigenvalue weighted by atomic mass is 32.2. The summed E-state index contributed by atoms with van der Waals surface area (Å²) in [5.74, 6) is -0.369. The van der Waals surface area contributed by atoms with E-state index in [4.69, 9.17) is 13.9 Å². The van der Waals surface area contributed by atoms with Gasteiger partial charge in [-0.3, -0.25) is 4.79 Å². The van der Waals surface area contributed by atoms with Crippen molar-refractivity contribution in [1.29, 1.82) is 0 Å². The summed E-state index contributed by atoms with van der Waals surface area (Å²) >= 11 is 0. The Morgan fingerprint density at radius 3 is 2.49 bits per heavy atom. The number of esters is 1. The maximum absolute atomic E-state index is 12.9. The van der Waals surface area contributed by atoms with Crippen LogP contribution in [0.1, 0.15) is 35.6 Å². The third-order valence-electron chi connectivity index (χ3n) is 5.39. The molecule has 0 saturated carbocycles. The van der Waals surface area contributed by atoms with E-state index in [-0.39, 0.29) is 17.3 Å². The predicted octanol–water partition coefficient (Wildman–Crippen LogP) is 3.83. The molecule has 0 unspecified atom stereocenters. The lowest BCUT2D eigenvalue weighted by molar-refractivity contribution is -0.119. The van der Waals surface area contributed by atoms with Crippen molar-refractivity contribution in [3.05, 3.63) is 78.3 Å². The first-order valence-electron chi connectivity index (χ1n) is 11.3. The number of hydrogen-bond acceptors (Lipinski definition) is 7. The second kappa shape index (κ2) is 11.2. The Labute approximate surface area is 203 Å². The average Bonchev–Trinajstić information content (AvgIpc) is 3.37. The standard InChI is InChI=1S/C25H26N2O7S/c28-24(26-19-8-7-11-22(16-19)35(30,31)27-14-5-2-6-15-27)18-33-25(29)23-13-12-21(34-23)17-32-20-9-3-1-4-10-20/h1,3-4,7-13,16H,2,5-6,14-15,17-18H2,(H,26,28). The van der Waals surface area contributed by atoms with Crippen LogP contribution in [0.5, 0.6) is 5.75 Å². The number of sulfonamides is 1. The lowest BCUT2D eigenvalue weighted by atomic mass is 10.2. The van der Waals surface area contributed by atoms with Gasteiger partial charge >= 0.3 is 5.97 Å². The molecule has 0 aliphatic carbocycles. The number of hydrogen-bond donors (Lipinski definition) is 1. The summed E-state index contributed by atoms with van der Waals surface area (Å²) in [7, 11) is -3.63. The monoisotopic (exact) mass is 498 g/mol. The summed E-state index contributed by atoms with van der Waals surface area (Å²) in [5, 5.41) is 2.56. The molecule has 35 heavy (non-hydrogen) atoms. The van der Waals surface area contributed by atoms with Crippen molar-refractivity contribution >= 4 is 27.6 Å². The third kappa shape index (κ3) is 6.49. The molecule has 1 aromatic heterocycles. The molecule has 1 aliphatic heterocycles. The number of amides is 1. The molecule has 3 aromatic rings. The fourth-order valence-corrected chi connectivity index (χ4v) is 5.19. The third-order valence-corrected chi connectivity index (χ3v) is 7.29. The fraction of sp³-hybridized carbons (Fsp3) is 0.280. The van der Waals surface area contributed by atoms with Crippen LogP contribution in [0.2, 0.25) is 0 Å². The van der Waals surface area contributed by atoms with Crippen LogP contribution >= 0.6 is 0 Å². The summed E-state index contributed by atoms with van der Waals surface area (Å²) < 4.78 is 43.2. The number of anilines is 1. The number of nitrogens with one attached hydrogen (secondary N) is 1. The molecule has 1 N–H and O–H groups in total. The minimum atomic E-state index is -3.63. The van der Waals surface area contributed by atoms with Gasteiger partial charge < -0.3 is 19.2 Å². The molecule has 0 atom stereocenters. The normalized spacial score (nSPS) is 14.3. The van der Waals surface area contributed by atoms with Gasteiger partial charge in [0.05, 0.1) is 4.90 Å². The second-order valence-electron chi connectivity index (χ2n) is 7.98. The van der Waals surface area contributed by atoms with Crippen LogP contribution in [-0.4, -0.2) is 44.3 Å². The van der Waals surface area contributed by atoms with Gasteiger partial charge in [-0.1, -0.05) is 30.7 Å². The first-order chi connectivity index (χ1) is 16.9. The van der Waals surface area contributed by atoms with Gasteiger partial charge in [0, 0.05) is 18.8 Å². The summed E-state index contributed by atoms with van der Waals surface area (Å²) in [6, 6.07) is 18.2. The van der Waals surface area contributed by atoms with Gasteiger partial charge in [-0.15, -0.1) is 0 Å². The smallest absolute Gasteiger partial charge is 0.374 e. The van der Waals surface area contributed by atoms with Crippen LogP contribution in [0, 0.1) is 0 Å². The molecule has 184 valence electrons. The molecule has 0 radical (unpaired) electrons. The SMILES string of the molecule is O=C(COC(=O)c1ccc(COc2ccccc2)o1)Nc1cccc(S(=O)(=O)N2CCCCC2)c1. The summed E-state index contributed by atoms with van der Waals surface area (Å²) in [6.45, 7) is 0.552. The lowest BCUT2D eigenvalue weighted by Gasteiger charge is -2.26. The largest absolute Gasteiger partial charge is 0.486 e. The van der Waals surface area contributed by atoms with Gasteiger partial charge in [0.25, 0.3) is 5.91 Å². The Kier molecular flexibility index (Phi) is 7.84. The van der Waals surface area contributed by atoms with Gasteiger partial charge in [0.1, 0.15) is 18.1 Å². The van der Waals surface area contributed by atoms with Crippen LogP contribution in [0.4, 0.5) is 5.69 Å². The number of carbonyl (C=O) groups excluding carboxylic acids is 2. The highest BCUT2D eigenvalue weighted by Gasteiger charge is 2.26. The van der Waals surface area contributed by atoms with E-state index in [1.165, 1.54) is 22.5 Å². The molecule has 2 aromatic carbocycles. The number of ether oxygens (including phenoxy) is 2. The molecule has 4 rings (SSSR count). The molecule has 2 heterocycles. The summed E-state index contributed by atoms with van der Waals surface area (Å²) in [5.41, 5.74) is 0.294. The van der Waals surface area contributed by atoms with Crippen molar-refractivity contribution in [1.82, 2.24) is 4.31 Å². The predicted molar refractivity (Wildman–Crippen MR) is 127 cm³/mol. The molecule has 1 amide bonds. The number of rotatable bonds is 9. The highest BCUT2D eigenvalue weighted by molar-refractivity contribution is 7.89. The van der Waals surface area contributed by atoms with E-state index in [9.17, 15) is 18.0 Å². The van der Waals surface area contributed by atoms with E-state index in [0.29, 0.717) is 30.3 Å². The van der Waals surface area contributed by atoms with E-state index in [1.54, 1.807) is 30.3 Å². The van der Waals surface area contributed by atoms with Crippen molar-refractivity contribution in [3.63, 3.8) is 0 Å². The fourth-order valence-electron chi connectivity index (χ4n) is 3.62. The van der Waals surface area contributed by atoms with E-state index in [1.807, 2.05) is 18.2 Å². The average molecular weight is 499 g/mol. The number of para-hydroxylation sites is 1. The molecule has 9 nitrogen and oxygen atoms in total. The molecule has 0 bridgehead atoms. The molecule has 0 spiro atoms. The van der Waals surface area contributed by atoms with Crippen LogP contribution in [0.15, 0.2) is 76.0 Å². The van der Waals surface area contributed by atoms with Crippen molar-refractivity contribution in [2.24, 2.45) is 0 Å². The Morgan fingerprint density at radius 1 is 0.943 bits per heavy atom. The second-order valence-corrected chi connectivity index (χ2v) is 9.92. The number of piperidine rings is 1. The zero-order valence-corrected chi connectivity index (χ0v) is 19.8.